The molecular weight excluding hydrogens is 808 g/mol. The van der Waals surface area contributed by atoms with Crippen molar-refractivity contribution < 1.29 is 93.2 Å². The predicted molar refractivity (Wildman–Crippen MR) is 203 cm³/mol. The fourth-order valence-electron chi connectivity index (χ4n) is 4.22. The smallest absolute Gasteiger partial charge is 0.876 e. The Bertz CT molecular complexity index is 1590. The van der Waals surface area contributed by atoms with E-state index in [4.69, 9.17) is 15.3 Å². The number of aliphatic hydroxyl groups is 1. The van der Waals surface area contributed by atoms with E-state index in [1.165, 1.54) is 47.6 Å². The summed E-state index contributed by atoms with van der Waals surface area (Å²) in [5, 5.41) is 46.0. The molecule has 0 heterocycles. The number of hydrogen-bond donors (Lipinski definition) is 3. The van der Waals surface area contributed by atoms with Gasteiger partial charge >= 0.3 is 46.1 Å². The van der Waals surface area contributed by atoms with Crippen molar-refractivity contribution in [2.24, 2.45) is 0 Å². The number of aryl methyl sites for hydroxylation is 6. The minimum absolute atomic E-state index is 0. The Morgan fingerprint density at radius 1 is 0.464 bits per heavy atom. The molecule has 14 heteroatoms. The maximum Gasteiger partial charge on any atom is 2.00 e. The summed E-state index contributed by atoms with van der Waals surface area (Å²) in [5.74, 6) is -3.40. The van der Waals surface area contributed by atoms with Gasteiger partial charge in [0.2, 0.25) is 0 Å². The Morgan fingerprint density at radius 2 is 0.714 bits per heavy atom. The molecule has 0 aliphatic rings. The first-order valence-electron chi connectivity index (χ1n) is 16.3. The molecule has 0 aromatic heterocycles. The van der Waals surface area contributed by atoms with Crippen molar-refractivity contribution in [1.82, 2.24) is 0 Å². The second kappa shape index (κ2) is 32.1. The van der Waals surface area contributed by atoms with Crippen LogP contribution in [-0.4, -0.2) is 56.4 Å². The molecule has 0 atom stereocenters. The number of Topliss-reactive ketones (excluding diaryl/α,β-unsaturated/α-hetero) is 2. The standard InChI is InChI=1S/3C9H10O2.3C5H8O2.2Fe/c3*1-6-3-7(2)5-8(4-6)9(10)11;3*1-4(6)3-5(2)7;;/h3*3-5H,1-2H3,(H,10,11);3H2,1-2H3;2*3,6H,1-2H3;;/q;;;;;;2*+2/p-2/b;;;;2*4-3-;;. The molecular formula is C42H52Fe2O12+2. The number of benzene rings is 3. The monoisotopic (exact) mass is 860 g/mol. The van der Waals surface area contributed by atoms with E-state index < -0.39 is 17.9 Å². The van der Waals surface area contributed by atoms with E-state index in [2.05, 4.69) is 0 Å². The first kappa shape index (κ1) is 60.1. The number of carboxylic acids is 3. The minimum atomic E-state index is -1.11. The number of hydrogen-bond acceptors (Lipinski definition) is 10. The van der Waals surface area contributed by atoms with Crippen LogP contribution in [0.1, 0.15) is 112 Å². The van der Waals surface area contributed by atoms with Crippen LogP contribution in [0.25, 0.3) is 0 Å². The summed E-state index contributed by atoms with van der Waals surface area (Å²) in [6.07, 6.45) is 2.31. The minimum Gasteiger partial charge on any atom is -0.876 e. The summed E-state index contributed by atoms with van der Waals surface area (Å²) in [5.41, 5.74) is 6.83. The third-order valence-electron chi connectivity index (χ3n) is 5.71. The first-order valence-corrected chi connectivity index (χ1v) is 16.3. The number of rotatable bonds is 7. The normalized spacial score (nSPS) is 9.57. The molecule has 0 saturated heterocycles. The molecule has 0 aliphatic heterocycles. The van der Waals surface area contributed by atoms with Crippen LogP contribution in [0.3, 0.4) is 0 Å². The number of carboxylic acid groups (broad SMARTS) is 3. The van der Waals surface area contributed by atoms with Gasteiger partial charge in [0.25, 0.3) is 0 Å². The molecule has 0 fully saturated rings. The number of aliphatic hydroxyl groups excluding tert-OH is 1. The van der Waals surface area contributed by atoms with Gasteiger partial charge in [0.15, 0.2) is 11.6 Å². The summed E-state index contributed by atoms with van der Waals surface area (Å²) in [7, 11) is 0. The topological polar surface area (TPSA) is 226 Å². The third kappa shape index (κ3) is 37.2. The van der Waals surface area contributed by atoms with Gasteiger partial charge in [0.05, 0.1) is 29.3 Å². The van der Waals surface area contributed by atoms with E-state index in [-0.39, 0.29) is 80.8 Å². The Balaban J connectivity index is -0.000000187. The fourth-order valence-corrected chi connectivity index (χ4v) is 4.22. The molecule has 0 unspecified atom stereocenters. The Hall–Kier alpha value is -5.13. The van der Waals surface area contributed by atoms with E-state index in [0.717, 1.165) is 39.5 Å². The van der Waals surface area contributed by atoms with E-state index in [1.54, 1.807) is 36.4 Å². The van der Waals surface area contributed by atoms with E-state index in [1.807, 2.05) is 59.7 Å². The molecule has 0 amide bonds. The van der Waals surface area contributed by atoms with Gasteiger partial charge in [0, 0.05) is 6.08 Å². The molecule has 0 saturated carbocycles. The van der Waals surface area contributed by atoms with Gasteiger partial charge in [-0.25, -0.2) is 9.59 Å². The summed E-state index contributed by atoms with van der Waals surface area (Å²) in [4.78, 5) is 71.5. The number of carbonyl (C=O) groups is 7. The van der Waals surface area contributed by atoms with Gasteiger partial charge in [-0.05, 0) is 112 Å². The molecule has 56 heavy (non-hydrogen) atoms. The number of allylic oxidation sites excluding steroid dienone is 4. The van der Waals surface area contributed by atoms with Crippen molar-refractivity contribution >= 4 is 41.0 Å². The summed E-state index contributed by atoms with van der Waals surface area (Å²) in [6, 6.07) is 15.7. The van der Waals surface area contributed by atoms with Gasteiger partial charge in [0.1, 0.15) is 11.6 Å². The molecule has 0 spiro atoms. The molecule has 306 valence electrons. The zero-order valence-electron chi connectivity index (χ0n) is 33.8. The van der Waals surface area contributed by atoms with Crippen molar-refractivity contribution in [1.29, 1.82) is 0 Å². The Kier molecular flexibility index (Phi) is 34.5. The molecule has 3 aromatic carbocycles. The van der Waals surface area contributed by atoms with Crippen molar-refractivity contribution in [3.63, 3.8) is 0 Å². The summed E-state index contributed by atoms with van der Waals surface area (Å²) >= 11 is 0. The van der Waals surface area contributed by atoms with Crippen LogP contribution in [0.15, 0.2) is 78.3 Å². The molecule has 0 aliphatic carbocycles. The largest absolute Gasteiger partial charge is 2.00 e. The van der Waals surface area contributed by atoms with E-state index in [9.17, 15) is 43.8 Å². The molecule has 3 rings (SSSR count). The van der Waals surface area contributed by atoms with Crippen molar-refractivity contribution in [3.05, 3.63) is 128 Å². The SMILES string of the molecule is CC(=O)/C=C(/C)O.CC(=O)/C=C(/C)[O-].CC(=O)CC(C)=O.Cc1cc(C)cc(C(=O)O)c1.Cc1cc(C)cc(C(=O)O)c1.Cc1cc(C)cc(C(=O)[O-])c1.[Fe+2].[Fe+2]. The van der Waals surface area contributed by atoms with Gasteiger partial charge in [-0.1, -0.05) is 70.6 Å². The van der Waals surface area contributed by atoms with Crippen LogP contribution >= 0.6 is 0 Å². The van der Waals surface area contributed by atoms with E-state index >= 15 is 0 Å². The van der Waals surface area contributed by atoms with Gasteiger partial charge in [-0.3, -0.25) is 19.2 Å². The van der Waals surface area contributed by atoms with Gasteiger partial charge in [-0.2, -0.15) is 0 Å². The first-order chi connectivity index (χ1) is 24.7. The van der Waals surface area contributed by atoms with Crippen molar-refractivity contribution in [2.75, 3.05) is 0 Å². The van der Waals surface area contributed by atoms with Crippen LogP contribution in [0, 0.1) is 41.5 Å². The Morgan fingerprint density at radius 3 is 0.821 bits per heavy atom. The fraction of sp³-hybridized carbons (Fsp3) is 0.310. The predicted octanol–water partition coefficient (Wildman–Crippen LogP) is 6.10. The molecule has 12 nitrogen and oxygen atoms in total. The molecule has 0 radical (unpaired) electrons. The van der Waals surface area contributed by atoms with Crippen LogP contribution in [0.4, 0.5) is 0 Å². The zero-order valence-corrected chi connectivity index (χ0v) is 36.0. The average molecular weight is 861 g/mol. The van der Waals surface area contributed by atoms with Crippen LogP contribution in [0.5, 0.6) is 0 Å². The number of aromatic carboxylic acids is 3. The second-order valence-electron chi connectivity index (χ2n) is 12.4. The number of ketones is 4. The van der Waals surface area contributed by atoms with E-state index in [0.29, 0.717) is 11.1 Å². The van der Waals surface area contributed by atoms with Crippen LogP contribution < -0.4 is 10.2 Å². The maximum atomic E-state index is 10.5. The Labute approximate surface area is 350 Å². The second-order valence-corrected chi connectivity index (χ2v) is 12.4. The molecule has 3 aromatic rings. The van der Waals surface area contributed by atoms with Crippen LogP contribution in [0.2, 0.25) is 0 Å². The van der Waals surface area contributed by atoms with Crippen molar-refractivity contribution in [3.8, 4) is 0 Å². The maximum absolute atomic E-state index is 10.5. The van der Waals surface area contributed by atoms with Gasteiger partial charge < -0.3 is 30.3 Å². The zero-order chi connectivity index (χ0) is 42.9. The molecule has 3 N–H and O–H groups in total. The van der Waals surface area contributed by atoms with Gasteiger partial charge in [-0.15, -0.1) is 5.76 Å². The number of carbonyl (C=O) groups excluding carboxylic acids is 5. The summed E-state index contributed by atoms with van der Waals surface area (Å²) in [6.45, 7) is 19.6. The average Bonchev–Trinajstić information content (AvgIpc) is 2.95. The quantitative estimate of drug-likeness (QED) is 0.106. The third-order valence-corrected chi connectivity index (χ3v) is 5.71. The molecule has 0 bridgehead atoms. The summed E-state index contributed by atoms with van der Waals surface area (Å²) < 4.78 is 0. The van der Waals surface area contributed by atoms with Crippen LogP contribution in [-0.2, 0) is 53.3 Å². The van der Waals surface area contributed by atoms with Crippen molar-refractivity contribution in [2.45, 2.75) is 89.5 Å².